The first-order valence-corrected chi connectivity index (χ1v) is 15.1. The van der Waals surface area contributed by atoms with Gasteiger partial charge in [0.2, 0.25) is 9.84 Å². The zero-order valence-corrected chi connectivity index (χ0v) is 24.0. The van der Waals surface area contributed by atoms with E-state index in [0.717, 1.165) is 28.3 Å². The number of carbonyl (C=O) groups excluding carboxylic acids is 2. The Bertz CT molecular complexity index is 1670. The largest absolute Gasteiger partial charge is 0.508 e. The monoisotopic (exact) mass is 585 g/mol. The van der Waals surface area contributed by atoms with Crippen LogP contribution >= 0.6 is 0 Å². The number of hydrogen-bond donors (Lipinski definition) is 2. The summed E-state index contributed by atoms with van der Waals surface area (Å²) in [6.45, 7) is 3.39. The number of esters is 1. The van der Waals surface area contributed by atoms with E-state index >= 15 is 0 Å². The first-order valence-electron chi connectivity index (χ1n) is 13.6. The van der Waals surface area contributed by atoms with Gasteiger partial charge in [-0.15, -0.1) is 0 Å². The van der Waals surface area contributed by atoms with Crippen LogP contribution in [0.5, 0.6) is 5.75 Å². The maximum absolute atomic E-state index is 13.5. The van der Waals surface area contributed by atoms with Gasteiger partial charge in [-0.05, 0) is 65.9 Å². The summed E-state index contributed by atoms with van der Waals surface area (Å²) in [7, 11) is -4.05. The first kappa shape index (κ1) is 28.9. The van der Waals surface area contributed by atoms with Crippen LogP contribution in [0.1, 0.15) is 36.5 Å². The van der Waals surface area contributed by atoms with E-state index in [2.05, 4.69) is 5.32 Å². The second-order valence-corrected chi connectivity index (χ2v) is 12.2. The summed E-state index contributed by atoms with van der Waals surface area (Å²) in [4.78, 5) is 26.0. The standard InChI is InChI=1S/C33H31NO7S/c1-21(2)41-32(36)30(18-22-16-17-23(35)19-31(22)42(38,39)24-10-4-3-5-11-24)34-33(37)40-20-29-27-14-8-6-12-25(27)26-13-7-9-15-28(26)29/h3-17,19,21,29-30,35H,18,20H2,1-2H3,(H,34,37)/t30-/m0/s1. The van der Waals surface area contributed by atoms with Crippen molar-refractivity contribution in [2.45, 2.75) is 48.1 Å². The van der Waals surface area contributed by atoms with Crippen LogP contribution in [0.2, 0.25) is 0 Å². The lowest BCUT2D eigenvalue weighted by Crippen LogP contribution is -2.44. The number of nitrogens with one attached hydrogen (secondary N) is 1. The maximum Gasteiger partial charge on any atom is 0.407 e. The average Bonchev–Trinajstić information content (AvgIpc) is 3.30. The SMILES string of the molecule is CC(C)OC(=O)[C@H](Cc1ccc(O)cc1S(=O)(=O)c1ccccc1)NC(=O)OCC1c2ccccc2-c2ccccc21. The van der Waals surface area contributed by atoms with Crippen LogP contribution in [-0.2, 0) is 30.5 Å². The van der Waals surface area contributed by atoms with Gasteiger partial charge in [0.15, 0.2) is 0 Å². The van der Waals surface area contributed by atoms with E-state index in [9.17, 15) is 23.1 Å². The summed E-state index contributed by atoms with van der Waals surface area (Å²) < 4.78 is 38.0. The van der Waals surface area contributed by atoms with Gasteiger partial charge >= 0.3 is 12.1 Å². The smallest absolute Gasteiger partial charge is 0.407 e. The Kier molecular flexibility index (Phi) is 8.31. The third kappa shape index (κ3) is 6.01. The lowest BCUT2D eigenvalue weighted by molar-refractivity contribution is -0.149. The molecule has 42 heavy (non-hydrogen) atoms. The zero-order valence-electron chi connectivity index (χ0n) is 23.2. The minimum atomic E-state index is -4.05. The van der Waals surface area contributed by atoms with E-state index in [1.165, 1.54) is 24.3 Å². The van der Waals surface area contributed by atoms with Gasteiger partial charge in [0, 0.05) is 12.3 Å². The molecule has 4 aromatic rings. The lowest BCUT2D eigenvalue weighted by atomic mass is 9.98. The molecule has 1 aliphatic rings. The zero-order chi connectivity index (χ0) is 29.9. The molecule has 216 valence electrons. The molecule has 0 aromatic heterocycles. The number of benzene rings is 4. The van der Waals surface area contributed by atoms with Crippen LogP contribution < -0.4 is 5.32 Å². The Hall–Kier alpha value is -4.63. The molecule has 0 saturated carbocycles. The van der Waals surface area contributed by atoms with Gasteiger partial charge in [-0.25, -0.2) is 18.0 Å². The molecule has 1 atom stereocenters. The molecule has 8 nitrogen and oxygen atoms in total. The minimum Gasteiger partial charge on any atom is -0.508 e. The normalized spacial score (nSPS) is 13.2. The van der Waals surface area contributed by atoms with E-state index in [-0.39, 0.29) is 40.0 Å². The molecule has 0 unspecified atom stereocenters. The Balaban J connectivity index is 1.38. The minimum absolute atomic E-state index is 0.0302. The highest BCUT2D eigenvalue weighted by Gasteiger charge is 2.31. The quantitative estimate of drug-likeness (QED) is 0.245. The van der Waals surface area contributed by atoms with Gasteiger partial charge in [-0.1, -0.05) is 72.8 Å². The predicted molar refractivity (Wildman–Crippen MR) is 157 cm³/mol. The van der Waals surface area contributed by atoms with Crippen LogP contribution in [0, 0.1) is 0 Å². The molecule has 2 N–H and O–H groups in total. The highest BCUT2D eigenvalue weighted by atomic mass is 32.2. The first-order chi connectivity index (χ1) is 20.1. The summed E-state index contributed by atoms with van der Waals surface area (Å²) in [5.74, 6) is -1.17. The third-order valence-electron chi connectivity index (χ3n) is 7.09. The molecule has 0 bridgehead atoms. The number of phenolic OH excluding ortho intramolecular Hbond substituents is 1. The van der Waals surface area contributed by atoms with Crippen molar-refractivity contribution < 1.29 is 32.6 Å². The van der Waals surface area contributed by atoms with Crippen LogP contribution in [-0.4, -0.2) is 44.3 Å². The number of rotatable bonds is 9. The fraction of sp³-hybridized carbons (Fsp3) is 0.212. The van der Waals surface area contributed by atoms with E-state index in [4.69, 9.17) is 9.47 Å². The Morgan fingerprint density at radius 2 is 1.45 bits per heavy atom. The molecule has 0 fully saturated rings. The van der Waals surface area contributed by atoms with Crippen molar-refractivity contribution in [1.29, 1.82) is 0 Å². The van der Waals surface area contributed by atoms with E-state index in [0.29, 0.717) is 0 Å². The molecule has 0 spiro atoms. The second kappa shape index (κ2) is 12.1. The summed E-state index contributed by atoms with van der Waals surface area (Å²) >= 11 is 0. The number of sulfone groups is 1. The molecular weight excluding hydrogens is 554 g/mol. The number of aromatic hydroxyl groups is 1. The van der Waals surface area contributed by atoms with Crippen LogP contribution in [0.4, 0.5) is 4.79 Å². The highest BCUT2D eigenvalue weighted by molar-refractivity contribution is 7.91. The Morgan fingerprint density at radius 3 is 2.07 bits per heavy atom. The fourth-order valence-corrected chi connectivity index (χ4v) is 6.74. The molecule has 1 aliphatic carbocycles. The number of alkyl carbamates (subject to hydrolysis) is 1. The van der Waals surface area contributed by atoms with Crippen molar-refractivity contribution in [3.8, 4) is 16.9 Å². The molecule has 0 radical (unpaired) electrons. The maximum atomic E-state index is 13.5. The average molecular weight is 586 g/mol. The van der Waals surface area contributed by atoms with Gasteiger partial charge in [0.05, 0.1) is 15.9 Å². The summed E-state index contributed by atoms with van der Waals surface area (Å²) in [6.07, 6.45) is -1.53. The topological polar surface area (TPSA) is 119 Å². The Morgan fingerprint density at radius 1 is 0.857 bits per heavy atom. The predicted octanol–water partition coefficient (Wildman–Crippen LogP) is 5.63. The van der Waals surface area contributed by atoms with Crippen LogP contribution in [0.25, 0.3) is 11.1 Å². The number of phenols is 1. The van der Waals surface area contributed by atoms with Gasteiger partial charge in [0.1, 0.15) is 18.4 Å². The number of ether oxygens (including phenoxy) is 2. The molecule has 0 aliphatic heterocycles. The Labute approximate surface area is 244 Å². The van der Waals surface area contributed by atoms with E-state index in [1.54, 1.807) is 32.0 Å². The third-order valence-corrected chi connectivity index (χ3v) is 8.94. The van der Waals surface area contributed by atoms with Crippen molar-refractivity contribution in [3.63, 3.8) is 0 Å². The van der Waals surface area contributed by atoms with Crippen molar-refractivity contribution in [2.75, 3.05) is 6.61 Å². The number of amides is 1. The molecule has 1 amide bonds. The van der Waals surface area contributed by atoms with Crippen molar-refractivity contribution in [2.24, 2.45) is 0 Å². The molecule has 9 heteroatoms. The fourth-order valence-electron chi connectivity index (χ4n) is 5.20. The van der Waals surface area contributed by atoms with Gasteiger partial charge < -0.3 is 19.9 Å². The van der Waals surface area contributed by atoms with Crippen molar-refractivity contribution in [3.05, 3.63) is 114 Å². The summed E-state index contributed by atoms with van der Waals surface area (Å²) in [6, 6.07) is 26.3. The van der Waals surface area contributed by atoms with Crippen molar-refractivity contribution >= 4 is 21.9 Å². The molecule has 0 heterocycles. The summed E-state index contributed by atoms with van der Waals surface area (Å²) in [5.41, 5.74) is 4.48. The molecule has 0 saturated heterocycles. The van der Waals surface area contributed by atoms with Gasteiger partial charge in [0.25, 0.3) is 0 Å². The van der Waals surface area contributed by atoms with E-state index < -0.39 is 34.0 Å². The lowest BCUT2D eigenvalue weighted by Gasteiger charge is -2.21. The van der Waals surface area contributed by atoms with E-state index in [1.807, 2.05) is 48.5 Å². The molecular formula is C33H31NO7S. The van der Waals surface area contributed by atoms with Crippen LogP contribution in [0.3, 0.4) is 0 Å². The number of hydrogen-bond acceptors (Lipinski definition) is 7. The summed E-state index contributed by atoms with van der Waals surface area (Å²) in [5, 5.41) is 12.7. The second-order valence-electron chi connectivity index (χ2n) is 10.3. The van der Waals surface area contributed by atoms with Crippen LogP contribution in [0.15, 0.2) is 107 Å². The number of fused-ring (bicyclic) bond motifs is 3. The highest BCUT2D eigenvalue weighted by Crippen LogP contribution is 2.44. The van der Waals surface area contributed by atoms with Gasteiger partial charge in [-0.3, -0.25) is 0 Å². The van der Waals surface area contributed by atoms with Crippen molar-refractivity contribution in [1.82, 2.24) is 5.32 Å². The molecule has 4 aromatic carbocycles. The molecule has 5 rings (SSSR count). The van der Waals surface area contributed by atoms with Gasteiger partial charge in [-0.2, -0.15) is 0 Å². The number of carbonyl (C=O) groups is 2.